The Kier molecular flexibility index (Phi) is 4.74. The van der Waals surface area contributed by atoms with Crippen LogP contribution in [0.25, 0.3) is 0 Å². The van der Waals surface area contributed by atoms with Gasteiger partial charge < -0.3 is 15.3 Å². The lowest BCUT2D eigenvalue weighted by atomic mass is 9.70. The summed E-state index contributed by atoms with van der Waals surface area (Å²) >= 11 is 6.21. The molecule has 2 aliphatic heterocycles. The zero-order valence-corrected chi connectivity index (χ0v) is 15.3. The molecule has 2 fully saturated rings. The quantitative estimate of drug-likeness (QED) is 0.850. The number of hydrogen-bond acceptors (Lipinski definition) is 3. The van der Waals surface area contributed by atoms with E-state index < -0.39 is 17.6 Å². The minimum atomic E-state index is -0.631. The van der Waals surface area contributed by atoms with Crippen LogP contribution in [0.4, 0.5) is 5.69 Å². The third-order valence-corrected chi connectivity index (χ3v) is 5.85. The van der Waals surface area contributed by atoms with E-state index in [1.54, 1.807) is 17.0 Å². The van der Waals surface area contributed by atoms with Crippen LogP contribution in [0.5, 0.6) is 0 Å². The standard InChI is InChI=1S/C21H23ClN2O2/c22-16-8-4-9-17(12-16)24-19(15-6-2-1-3-7-15)18(25)13-21(20(24)26)10-5-11-23-14-21/h1-4,6-9,12,18-19,23,25H,5,10-11,13-14H2/t18-,19+,21+/m1/s1. The predicted molar refractivity (Wildman–Crippen MR) is 103 cm³/mol. The maximum absolute atomic E-state index is 13.7. The van der Waals surface area contributed by atoms with Crippen molar-refractivity contribution in [1.29, 1.82) is 0 Å². The summed E-state index contributed by atoms with van der Waals surface area (Å²) in [5.41, 5.74) is 1.12. The highest BCUT2D eigenvalue weighted by Crippen LogP contribution is 2.46. The first-order chi connectivity index (χ1) is 12.6. The van der Waals surface area contributed by atoms with E-state index in [0.29, 0.717) is 18.0 Å². The molecule has 2 saturated heterocycles. The number of anilines is 1. The smallest absolute Gasteiger partial charge is 0.235 e. The fourth-order valence-electron chi connectivity index (χ4n) is 4.40. The number of aliphatic hydroxyl groups excluding tert-OH is 1. The molecule has 0 aliphatic carbocycles. The van der Waals surface area contributed by atoms with Gasteiger partial charge in [0.25, 0.3) is 0 Å². The van der Waals surface area contributed by atoms with Gasteiger partial charge in [-0.2, -0.15) is 0 Å². The summed E-state index contributed by atoms with van der Waals surface area (Å²) in [6.45, 7) is 1.53. The lowest BCUT2D eigenvalue weighted by molar-refractivity contribution is -0.137. The first-order valence-electron chi connectivity index (χ1n) is 9.14. The van der Waals surface area contributed by atoms with Crippen molar-refractivity contribution in [3.63, 3.8) is 0 Å². The highest BCUT2D eigenvalue weighted by Gasteiger charge is 2.52. The Hall–Kier alpha value is -1.88. The molecule has 4 rings (SSSR count). The number of aliphatic hydroxyl groups is 1. The van der Waals surface area contributed by atoms with Crippen molar-refractivity contribution in [3.8, 4) is 0 Å². The third kappa shape index (κ3) is 3.02. The molecule has 2 N–H and O–H groups in total. The fourth-order valence-corrected chi connectivity index (χ4v) is 4.59. The second kappa shape index (κ2) is 7.03. The van der Waals surface area contributed by atoms with Gasteiger partial charge in [0.1, 0.15) is 0 Å². The minimum Gasteiger partial charge on any atom is -0.391 e. The van der Waals surface area contributed by atoms with Gasteiger partial charge in [-0.15, -0.1) is 0 Å². The van der Waals surface area contributed by atoms with Gasteiger partial charge in [-0.05, 0) is 49.6 Å². The summed E-state index contributed by atoms with van der Waals surface area (Å²) < 4.78 is 0. The molecule has 2 heterocycles. The van der Waals surface area contributed by atoms with Crippen molar-refractivity contribution >= 4 is 23.2 Å². The summed E-state index contributed by atoms with van der Waals surface area (Å²) in [4.78, 5) is 15.4. The Labute approximate surface area is 158 Å². The van der Waals surface area contributed by atoms with E-state index >= 15 is 0 Å². The topological polar surface area (TPSA) is 52.6 Å². The van der Waals surface area contributed by atoms with Crippen LogP contribution in [0.1, 0.15) is 30.9 Å². The molecular formula is C21H23ClN2O2. The van der Waals surface area contributed by atoms with Gasteiger partial charge in [-0.3, -0.25) is 4.79 Å². The van der Waals surface area contributed by atoms with Crippen LogP contribution in [0.15, 0.2) is 54.6 Å². The Morgan fingerprint density at radius 2 is 1.96 bits per heavy atom. The zero-order chi connectivity index (χ0) is 18.1. The number of nitrogens with zero attached hydrogens (tertiary/aromatic N) is 1. The molecule has 2 aliphatic rings. The zero-order valence-electron chi connectivity index (χ0n) is 14.6. The van der Waals surface area contributed by atoms with E-state index in [1.165, 1.54) is 0 Å². The van der Waals surface area contributed by atoms with Gasteiger partial charge in [-0.1, -0.05) is 48.0 Å². The van der Waals surface area contributed by atoms with Gasteiger partial charge >= 0.3 is 0 Å². The van der Waals surface area contributed by atoms with Gasteiger partial charge in [0, 0.05) is 17.3 Å². The van der Waals surface area contributed by atoms with Crippen molar-refractivity contribution < 1.29 is 9.90 Å². The highest BCUT2D eigenvalue weighted by atomic mass is 35.5. The van der Waals surface area contributed by atoms with Crippen LogP contribution in [-0.2, 0) is 4.79 Å². The number of halogens is 1. The second-order valence-corrected chi connectivity index (χ2v) is 7.78. The normalized spacial score (nSPS) is 29.2. The van der Waals surface area contributed by atoms with Gasteiger partial charge in [0.2, 0.25) is 5.91 Å². The largest absolute Gasteiger partial charge is 0.391 e. The first-order valence-corrected chi connectivity index (χ1v) is 9.51. The SMILES string of the molecule is O=C1N(c2cccc(Cl)c2)[C@@H](c2ccccc2)[C@H](O)C[C@]12CCCNC2. The van der Waals surface area contributed by atoms with Crippen LogP contribution < -0.4 is 10.2 Å². The van der Waals surface area contributed by atoms with Gasteiger partial charge in [0.15, 0.2) is 0 Å². The second-order valence-electron chi connectivity index (χ2n) is 7.34. The molecule has 4 nitrogen and oxygen atoms in total. The highest BCUT2D eigenvalue weighted by molar-refractivity contribution is 6.31. The molecule has 0 unspecified atom stereocenters. The molecule has 26 heavy (non-hydrogen) atoms. The van der Waals surface area contributed by atoms with Crippen molar-refractivity contribution in [3.05, 3.63) is 65.2 Å². The average molecular weight is 371 g/mol. The van der Waals surface area contributed by atoms with Crippen LogP contribution in [0.2, 0.25) is 5.02 Å². The van der Waals surface area contributed by atoms with E-state index in [4.69, 9.17) is 11.6 Å². The first kappa shape index (κ1) is 17.5. The van der Waals surface area contributed by atoms with Crippen LogP contribution in [-0.4, -0.2) is 30.2 Å². The maximum Gasteiger partial charge on any atom is 0.235 e. The number of carbonyl (C=O) groups excluding carboxylic acids is 1. The number of amides is 1. The molecule has 1 spiro atoms. The van der Waals surface area contributed by atoms with Crippen molar-refractivity contribution in [1.82, 2.24) is 5.32 Å². The van der Waals surface area contributed by atoms with Crippen LogP contribution >= 0.6 is 11.6 Å². The number of nitrogens with one attached hydrogen (secondary N) is 1. The summed E-state index contributed by atoms with van der Waals surface area (Å²) in [6.07, 6.45) is 1.59. The number of piperidine rings is 2. The molecule has 5 heteroatoms. The van der Waals surface area contributed by atoms with Crippen molar-refractivity contribution in [2.24, 2.45) is 5.41 Å². The number of carbonyl (C=O) groups is 1. The maximum atomic E-state index is 13.7. The molecule has 0 saturated carbocycles. The van der Waals surface area contributed by atoms with E-state index in [2.05, 4.69) is 5.32 Å². The molecule has 0 radical (unpaired) electrons. The summed E-state index contributed by atoms with van der Waals surface area (Å²) in [5.74, 6) is 0.0751. The average Bonchev–Trinajstić information content (AvgIpc) is 2.66. The molecule has 2 aromatic rings. The minimum absolute atomic E-state index is 0.0751. The molecular weight excluding hydrogens is 348 g/mol. The van der Waals surface area contributed by atoms with Crippen molar-refractivity contribution in [2.45, 2.75) is 31.4 Å². The summed E-state index contributed by atoms with van der Waals surface area (Å²) in [6, 6.07) is 16.7. The lowest BCUT2D eigenvalue weighted by Gasteiger charge is -2.50. The molecule has 136 valence electrons. The van der Waals surface area contributed by atoms with E-state index in [-0.39, 0.29) is 5.91 Å². The van der Waals surface area contributed by atoms with Gasteiger partial charge in [0.05, 0.1) is 17.6 Å². The molecule has 0 aromatic heterocycles. The Bertz CT molecular complexity index is 790. The Morgan fingerprint density at radius 1 is 1.15 bits per heavy atom. The van der Waals surface area contributed by atoms with Crippen LogP contribution in [0.3, 0.4) is 0 Å². The Morgan fingerprint density at radius 3 is 2.65 bits per heavy atom. The van der Waals surface area contributed by atoms with E-state index in [0.717, 1.165) is 30.6 Å². The summed E-state index contributed by atoms with van der Waals surface area (Å²) in [7, 11) is 0. The summed E-state index contributed by atoms with van der Waals surface area (Å²) in [5, 5.41) is 15.0. The van der Waals surface area contributed by atoms with Gasteiger partial charge in [-0.25, -0.2) is 0 Å². The Balaban J connectivity index is 1.82. The van der Waals surface area contributed by atoms with Crippen LogP contribution in [0, 0.1) is 5.41 Å². The monoisotopic (exact) mass is 370 g/mol. The number of rotatable bonds is 2. The van der Waals surface area contributed by atoms with E-state index in [1.807, 2.05) is 42.5 Å². The lowest BCUT2D eigenvalue weighted by Crippen LogP contribution is -2.60. The number of hydrogen-bond donors (Lipinski definition) is 2. The number of benzene rings is 2. The molecule has 2 aromatic carbocycles. The van der Waals surface area contributed by atoms with E-state index in [9.17, 15) is 9.90 Å². The third-order valence-electron chi connectivity index (χ3n) is 5.61. The molecule has 3 atom stereocenters. The predicted octanol–water partition coefficient (Wildman–Crippen LogP) is 3.55. The fraction of sp³-hybridized carbons (Fsp3) is 0.381. The van der Waals surface area contributed by atoms with Crippen molar-refractivity contribution in [2.75, 3.05) is 18.0 Å². The molecule has 0 bridgehead atoms. The molecule has 1 amide bonds.